The number of hydrogen-bond donors (Lipinski definition) is 1. The molecule has 1 aromatic heterocycles. The molecule has 0 bridgehead atoms. The van der Waals surface area contributed by atoms with E-state index in [4.69, 9.17) is 16.3 Å². The summed E-state index contributed by atoms with van der Waals surface area (Å²) in [5.74, 6) is -1.08. The molecule has 1 aliphatic carbocycles. The standard InChI is InChI=1S/C26H24ClN3O5/c1-26(2,3)35-25(32)15-4-8-19(9-5-15)29-24(31)20-10-6-16-12-17(14-28-23(16)20)21-13-18(27)7-11-22(21)30(33)34/h4-5,7-9,11-14,20H,6,10H2,1-3H3,(H,29,31). The van der Waals surface area contributed by atoms with Crippen LogP contribution in [0.25, 0.3) is 11.1 Å². The molecule has 0 spiro atoms. The first kappa shape index (κ1) is 24.3. The Morgan fingerprint density at radius 1 is 1.14 bits per heavy atom. The van der Waals surface area contributed by atoms with Crippen LogP contribution in [0.2, 0.25) is 5.02 Å². The molecule has 0 fully saturated rings. The van der Waals surface area contributed by atoms with Crippen LogP contribution in [0.4, 0.5) is 11.4 Å². The molecule has 0 radical (unpaired) electrons. The Labute approximate surface area is 207 Å². The summed E-state index contributed by atoms with van der Waals surface area (Å²) in [5.41, 5.74) is 2.80. The van der Waals surface area contributed by atoms with Gasteiger partial charge in [-0.05, 0) is 81.6 Å². The number of anilines is 1. The Morgan fingerprint density at radius 3 is 2.51 bits per heavy atom. The SMILES string of the molecule is CC(C)(C)OC(=O)c1ccc(NC(=O)C2CCc3cc(-c4cc(Cl)ccc4[N+](=O)[O-])cnc32)cc1. The Bertz CT molecular complexity index is 1320. The monoisotopic (exact) mass is 493 g/mol. The first-order valence-electron chi connectivity index (χ1n) is 11.1. The van der Waals surface area contributed by atoms with E-state index in [1.165, 1.54) is 12.1 Å². The second kappa shape index (κ2) is 9.46. The average molecular weight is 494 g/mol. The van der Waals surface area contributed by atoms with E-state index in [2.05, 4.69) is 10.3 Å². The molecule has 180 valence electrons. The van der Waals surface area contributed by atoms with Crippen LogP contribution in [0.3, 0.4) is 0 Å². The van der Waals surface area contributed by atoms with E-state index in [-0.39, 0.29) is 11.6 Å². The number of nitrogens with one attached hydrogen (secondary N) is 1. The maximum absolute atomic E-state index is 13.0. The number of rotatable bonds is 5. The molecule has 35 heavy (non-hydrogen) atoms. The van der Waals surface area contributed by atoms with Crippen molar-refractivity contribution in [3.8, 4) is 11.1 Å². The molecule has 8 nitrogen and oxygen atoms in total. The molecule has 2 aromatic carbocycles. The van der Waals surface area contributed by atoms with Gasteiger partial charge in [-0.1, -0.05) is 11.6 Å². The van der Waals surface area contributed by atoms with Gasteiger partial charge in [-0.25, -0.2) is 4.79 Å². The van der Waals surface area contributed by atoms with Crippen molar-refractivity contribution in [2.45, 2.75) is 45.1 Å². The van der Waals surface area contributed by atoms with Gasteiger partial charge >= 0.3 is 5.97 Å². The third kappa shape index (κ3) is 5.49. The van der Waals surface area contributed by atoms with Crippen LogP contribution in [0.1, 0.15) is 54.7 Å². The van der Waals surface area contributed by atoms with Gasteiger partial charge in [-0.15, -0.1) is 0 Å². The predicted octanol–water partition coefficient (Wildman–Crippen LogP) is 5.93. The fraction of sp³-hybridized carbons (Fsp3) is 0.269. The predicted molar refractivity (Wildman–Crippen MR) is 133 cm³/mol. The second-order valence-electron chi connectivity index (χ2n) is 9.35. The molecule has 1 heterocycles. The van der Waals surface area contributed by atoms with E-state index in [1.54, 1.807) is 57.3 Å². The van der Waals surface area contributed by atoms with Crippen molar-refractivity contribution in [1.82, 2.24) is 4.98 Å². The van der Waals surface area contributed by atoms with E-state index < -0.39 is 22.4 Å². The molecule has 3 aromatic rings. The molecule has 1 amide bonds. The van der Waals surface area contributed by atoms with Crippen molar-refractivity contribution < 1.29 is 19.2 Å². The van der Waals surface area contributed by atoms with Gasteiger partial charge in [0.1, 0.15) is 5.60 Å². The number of esters is 1. The zero-order valence-corrected chi connectivity index (χ0v) is 20.3. The second-order valence-corrected chi connectivity index (χ2v) is 9.78. The highest BCUT2D eigenvalue weighted by molar-refractivity contribution is 6.31. The van der Waals surface area contributed by atoms with E-state index in [0.717, 1.165) is 5.56 Å². The molecule has 0 saturated heterocycles. The fourth-order valence-corrected chi connectivity index (χ4v) is 4.20. The molecule has 1 N–H and O–H groups in total. The number of carbonyl (C=O) groups excluding carboxylic acids is 2. The van der Waals surface area contributed by atoms with Crippen LogP contribution in [-0.2, 0) is 16.0 Å². The summed E-state index contributed by atoms with van der Waals surface area (Å²) >= 11 is 6.06. The number of hydrogen-bond acceptors (Lipinski definition) is 6. The van der Waals surface area contributed by atoms with Crippen molar-refractivity contribution in [2.24, 2.45) is 0 Å². The van der Waals surface area contributed by atoms with Crippen molar-refractivity contribution in [2.75, 3.05) is 5.32 Å². The molecule has 0 aliphatic heterocycles. The highest BCUT2D eigenvalue weighted by Gasteiger charge is 2.31. The van der Waals surface area contributed by atoms with Crippen LogP contribution in [-0.4, -0.2) is 27.4 Å². The first-order chi connectivity index (χ1) is 16.5. The van der Waals surface area contributed by atoms with Gasteiger partial charge in [0, 0.05) is 28.5 Å². The molecule has 4 rings (SSSR count). The minimum Gasteiger partial charge on any atom is -0.456 e. The number of pyridine rings is 1. The Morgan fingerprint density at radius 2 is 1.86 bits per heavy atom. The smallest absolute Gasteiger partial charge is 0.338 e. The van der Waals surface area contributed by atoms with Crippen molar-refractivity contribution >= 4 is 34.9 Å². The quantitative estimate of drug-likeness (QED) is 0.267. The van der Waals surface area contributed by atoms with Crippen molar-refractivity contribution in [3.63, 3.8) is 0 Å². The van der Waals surface area contributed by atoms with Gasteiger partial charge in [-0.2, -0.15) is 0 Å². The minimum atomic E-state index is -0.593. The molecular formula is C26H24ClN3O5. The van der Waals surface area contributed by atoms with Gasteiger partial charge in [0.2, 0.25) is 5.91 Å². The van der Waals surface area contributed by atoms with Crippen LogP contribution in [0, 0.1) is 10.1 Å². The number of benzene rings is 2. The molecule has 1 unspecified atom stereocenters. The number of aryl methyl sites for hydroxylation is 1. The zero-order chi connectivity index (χ0) is 25.3. The summed E-state index contributed by atoms with van der Waals surface area (Å²) in [5, 5.41) is 14.7. The summed E-state index contributed by atoms with van der Waals surface area (Å²) in [4.78, 5) is 40.6. The molecule has 1 atom stereocenters. The number of aromatic nitrogens is 1. The molecule has 1 aliphatic rings. The number of nitrogens with zero attached hydrogens (tertiary/aromatic N) is 2. The maximum Gasteiger partial charge on any atom is 0.338 e. The van der Waals surface area contributed by atoms with Crippen LogP contribution >= 0.6 is 11.6 Å². The number of carbonyl (C=O) groups is 2. The minimum absolute atomic E-state index is 0.0572. The summed E-state index contributed by atoms with van der Waals surface area (Å²) in [6, 6.07) is 12.7. The van der Waals surface area contributed by atoms with Crippen LogP contribution < -0.4 is 5.32 Å². The summed E-state index contributed by atoms with van der Waals surface area (Å²) < 4.78 is 5.35. The highest BCUT2D eigenvalue weighted by atomic mass is 35.5. The average Bonchev–Trinajstić information content (AvgIpc) is 3.21. The molecule has 0 saturated carbocycles. The number of halogens is 1. The highest BCUT2D eigenvalue weighted by Crippen LogP contribution is 2.37. The third-order valence-electron chi connectivity index (χ3n) is 5.60. The lowest BCUT2D eigenvalue weighted by atomic mass is 10.0. The lowest BCUT2D eigenvalue weighted by Gasteiger charge is -2.19. The van der Waals surface area contributed by atoms with Gasteiger partial charge in [0.15, 0.2) is 0 Å². The van der Waals surface area contributed by atoms with Crippen LogP contribution in [0.15, 0.2) is 54.7 Å². The summed E-state index contributed by atoms with van der Waals surface area (Å²) in [6.45, 7) is 5.39. The van der Waals surface area contributed by atoms with Gasteiger partial charge in [0.05, 0.1) is 27.7 Å². The van der Waals surface area contributed by atoms with E-state index in [0.29, 0.717) is 45.9 Å². The number of amides is 1. The van der Waals surface area contributed by atoms with Crippen LogP contribution in [0.5, 0.6) is 0 Å². The number of nitro benzene ring substituents is 1. The van der Waals surface area contributed by atoms with E-state index in [1.807, 2.05) is 6.07 Å². The Kier molecular flexibility index (Phi) is 6.58. The third-order valence-corrected chi connectivity index (χ3v) is 5.84. The van der Waals surface area contributed by atoms with Gasteiger partial charge in [-0.3, -0.25) is 19.9 Å². The fourth-order valence-electron chi connectivity index (χ4n) is 4.03. The topological polar surface area (TPSA) is 111 Å². The summed E-state index contributed by atoms with van der Waals surface area (Å²) in [7, 11) is 0. The first-order valence-corrected chi connectivity index (χ1v) is 11.5. The lowest BCUT2D eigenvalue weighted by Crippen LogP contribution is -2.24. The normalized spacial score (nSPS) is 14.8. The van der Waals surface area contributed by atoms with Crippen molar-refractivity contribution in [3.05, 3.63) is 86.7 Å². The lowest BCUT2D eigenvalue weighted by molar-refractivity contribution is -0.384. The van der Waals surface area contributed by atoms with Gasteiger partial charge in [0.25, 0.3) is 5.69 Å². The Hall–Kier alpha value is -3.78. The number of nitro groups is 1. The summed E-state index contributed by atoms with van der Waals surface area (Å²) in [6.07, 6.45) is 2.74. The molecular weight excluding hydrogens is 470 g/mol. The van der Waals surface area contributed by atoms with Gasteiger partial charge < -0.3 is 10.1 Å². The van der Waals surface area contributed by atoms with E-state index in [9.17, 15) is 19.7 Å². The van der Waals surface area contributed by atoms with E-state index >= 15 is 0 Å². The van der Waals surface area contributed by atoms with Crippen molar-refractivity contribution in [1.29, 1.82) is 0 Å². The largest absolute Gasteiger partial charge is 0.456 e. The molecule has 9 heteroatoms. The Balaban J connectivity index is 1.50. The maximum atomic E-state index is 13.0. The number of ether oxygens (including phenoxy) is 1. The zero-order valence-electron chi connectivity index (χ0n) is 19.5. The number of fused-ring (bicyclic) bond motifs is 1.